The summed E-state index contributed by atoms with van der Waals surface area (Å²) in [6.45, 7) is 3.16. The van der Waals surface area contributed by atoms with Gasteiger partial charge in [-0.3, -0.25) is 14.5 Å². The van der Waals surface area contributed by atoms with Gasteiger partial charge in [0.05, 0.1) is 19.6 Å². The summed E-state index contributed by atoms with van der Waals surface area (Å²) >= 11 is 0. The van der Waals surface area contributed by atoms with Gasteiger partial charge in [0.15, 0.2) is 0 Å². The zero-order valence-electron chi connectivity index (χ0n) is 15.2. The van der Waals surface area contributed by atoms with E-state index in [1.54, 1.807) is 7.11 Å². The molecule has 1 heterocycles. The molecule has 0 saturated carbocycles. The van der Waals surface area contributed by atoms with E-state index in [1.165, 1.54) is 0 Å². The number of methoxy groups -OCH3 is 1. The Labute approximate surface area is 161 Å². The van der Waals surface area contributed by atoms with Gasteiger partial charge in [0, 0.05) is 26.2 Å². The molecule has 4 N–H and O–H groups in total. The largest absolute Gasteiger partial charge is 0.497 e. The van der Waals surface area contributed by atoms with Crippen LogP contribution in [0.25, 0.3) is 0 Å². The number of likely N-dealkylation sites (tertiary alicyclic amines) is 1. The van der Waals surface area contributed by atoms with Gasteiger partial charge in [-0.2, -0.15) is 0 Å². The van der Waals surface area contributed by atoms with Crippen molar-refractivity contribution in [3.05, 3.63) is 29.8 Å². The van der Waals surface area contributed by atoms with Crippen molar-refractivity contribution in [2.45, 2.75) is 19.4 Å². The minimum Gasteiger partial charge on any atom is -0.497 e. The molecule has 1 aromatic rings. The number of carbonyl (C=O) groups excluding carboxylic acids is 2. The van der Waals surface area contributed by atoms with Crippen molar-refractivity contribution in [3.63, 3.8) is 0 Å². The third-order valence-electron chi connectivity index (χ3n) is 4.31. The molecule has 1 fully saturated rings. The normalized spacial score (nSPS) is 17.1. The summed E-state index contributed by atoms with van der Waals surface area (Å²) in [5.74, 6) is 0.707. The summed E-state index contributed by atoms with van der Waals surface area (Å²) < 4.78 is 5.18. The monoisotopic (exact) mass is 384 g/mol. The molecular weight excluding hydrogens is 356 g/mol. The second-order valence-corrected chi connectivity index (χ2v) is 6.28. The number of rotatable bonds is 8. The molecule has 146 valence electrons. The average Bonchev–Trinajstić information content (AvgIpc) is 2.64. The van der Waals surface area contributed by atoms with E-state index in [9.17, 15) is 9.59 Å². The Bertz CT molecular complexity index is 585. The summed E-state index contributed by atoms with van der Waals surface area (Å²) in [6.07, 6.45) is 1.78. The molecule has 0 radical (unpaired) electrons. The first-order chi connectivity index (χ1) is 12.1. The predicted molar refractivity (Wildman–Crippen MR) is 103 cm³/mol. The summed E-state index contributed by atoms with van der Waals surface area (Å²) in [5.41, 5.74) is 6.40. The van der Waals surface area contributed by atoms with E-state index < -0.39 is 0 Å². The van der Waals surface area contributed by atoms with Crippen LogP contribution in [0.2, 0.25) is 0 Å². The van der Waals surface area contributed by atoms with Crippen LogP contribution in [-0.4, -0.2) is 56.5 Å². The number of benzene rings is 1. The molecule has 1 aliphatic rings. The molecular formula is C18H29ClN4O3. The van der Waals surface area contributed by atoms with Crippen LogP contribution in [0, 0.1) is 5.92 Å². The lowest BCUT2D eigenvalue weighted by Gasteiger charge is -2.31. The lowest BCUT2D eigenvalue weighted by molar-refractivity contribution is -0.128. The van der Waals surface area contributed by atoms with Gasteiger partial charge in [-0.15, -0.1) is 12.4 Å². The minimum atomic E-state index is -0.0634. The first kappa shape index (κ1) is 22.2. The van der Waals surface area contributed by atoms with E-state index in [0.29, 0.717) is 32.7 Å². The zero-order chi connectivity index (χ0) is 18.1. The SMILES string of the molecule is COc1cccc(CNC(=O)CN2CCCC(C(=O)NCCN)C2)c1.Cl. The Balaban J connectivity index is 0.00000338. The maximum Gasteiger partial charge on any atom is 0.234 e. The van der Waals surface area contributed by atoms with Crippen LogP contribution in [-0.2, 0) is 16.1 Å². The molecule has 7 nitrogen and oxygen atoms in total. The smallest absolute Gasteiger partial charge is 0.234 e. The van der Waals surface area contributed by atoms with Crippen LogP contribution < -0.4 is 21.1 Å². The van der Waals surface area contributed by atoms with E-state index in [0.717, 1.165) is 30.7 Å². The van der Waals surface area contributed by atoms with Gasteiger partial charge in [0.2, 0.25) is 11.8 Å². The Kier molecular flexibility index (Phi) is 10.0. The number of nitrogens with zero attached hydrogens (tertiary/aromatic N) is 1. The first-order valence-electron chi connectivity index (χ1n) is 8.72. The zero-order valence-corrected chi connectivity index (χ0v) is 16.0. The van der Waals surface area contributed by atoms with E-state index in [1.807, 2.05) is 29.2 Å². The van der Waals surface area contributed by atoms with Gasteiger partial charge in [-0.1, -0.05) is 12.1 Å². The molecule has 1 unspecified atom stereocenters. The number of nitrogens with one attached hydrogen (secondary N) is 2. The Hall–Kier alpha value is -1.83. The number of carbonyl (C=O) groups is 2. The summed E-state index contributed by atoms with van der Waals surface area (Å²) in [6, 6.07) is 7.62. The molecule has 8 heteroatoms. The van der Waals surface area contributed by atoms with Crippen LogP contribution in [0.4, 0.5) is 0 Å². The second kappa shape index (κ2) is 11.7. The van der Waals surface area contributed by atoms with Crippen molar-refractivity contribution < 1.29 is 14.3 Å². The maximum atomic E-state index is 12.2. The number of hydrogen-bond donors (Lipinski definition) is 3. The van der Waals surface area contributed by atoms with Crippen molar-refractivity contribution >= 4 is 24.2 Å². The standard InChI is InChI=1S/C18H28N4O3.ClH/c1-25-16-6-2-4-14(10-16)11-21-17(23)13-22-9-3-5-15(12-22)18(24)20-8-7-19;/h2,4,6,10,15H,3,5,7-9,11-13,19H2,1H3,(H,20,24)(H,21,23);1H. The van der Waals surface area contributed by atoms with Crippen molar-refractivity contribution in [2.75, 3.05) is 39.8 Å². The predicted octanol–water partition coefficient (Wildman–Crippen LogP) is 0.520. The Morgan fingerprint density at radius 3 is 2.88 bits per heavy atom. The van der Waals surface area contributed by atoms with E-state index in [2.05, 4.69) is 10.6 Å². The number of halogens is 1. The highest BCUT2D eigenvalue weighted by Crippen LogP contribution is 2.16. The third-order valence-corrected chi connectivity index (χ3v) is 4.31. The topological polar surface area (TPSA) is 96.7 Å². The molecule has 0 aliphatic carbocycles. The average molecular weight is 385 g/mol. The molecule has 1 saturated heterocycles. The van der Waals surface area contributed by atoms with E-state index >= 15 is 0 Å². The molecule has 1 aliphatic heterocycles. The summed E-state index contributed by atoms with van der Waals surface area (Å²) in [7, 11) is 1.62. The highest BCUT2D eigenvalue weighted by Gasteiger charge is 2.26. The quantitative estimate of drug-likeness (QED) is 0.607. The first-order valence-corrected chi connectivity index (χ1v) is 8.72. The molecule has 1 aromatic carbocycles. The van der Waals surface area contributed by atoms with Gasteiger partial charge in [0.1, 0.15) is 5.75 Å². The number of ether oxygens (including phenoxy) is 1. The van der Waals surface area contributed by atoms with Crippen LogP contribution in [0.3, 0.4) is 0 Å². The lowest BCUT2D eigenvalue weighted by Crippen LogP contribution is -2.47. The van der Waals surface area contributed by atoms with Crippen molar-refractivity contribution in [2.24, 2.45) is 11.7 Å². The number of amides is 2. The maximum absolute atomic E-state index is 12.2. The highest BCUT2D eigenvalue weighted by molar-refractivity contribution is 5.85. The van der Waals surface area contributed by atoms with Gasteiger partial charge < -0.3 is 21.1 Å². The van der Waals surface area contributed by atoms with Crippen molar-refractivity contribution in [3.8, 4) is 5.75 Å². The fourth-order valence-corrected chi connectivity index (χ4v) is 2.99. The highest BCUT2D eigenvalue weighted by atomic mass is 35.5. The molecule has 0 bridgehead atoms. The van der Waals surface area contributed by atoms with Crippen LogP contribution >= 0.6 is 12.4 Å². The summed E-state index contributed by atoms with van der Waals surface area (Å²) in [4.78, 5) is 26.3. The van der Waals surface area contributed by atoms with Gasteiger partial charge in [-0.05, 0) is 37.1 Å². The van der Waals surface area contributed by atoms with Crippen molar-refractivity contribution in [1.82, 2.24) is 15.5 Å². The third kappa shape index (κ3) is 7.19. The van der Waals surface area contributed by atoms with Crippen LogP contribution in [0.5, 0.6) is 5.75 Å². The Morgan fingerprint density at radius 1 is 1.35 bits per heavy atom. The number of piperidine rings is 1. The van der Waals surface area contributed by atoms with Crippen LogP contribution in [0.15, 0.2) is 24.3 Å². The minimum absolute atomic E-state index is 0. The van der Waals surface area contributed by atoms with Crippen LogP contribution in [0.1, 0.15) is 18.4 Å². The summed E-state index contributed by atoms with van der Waals surface area (Å²) in [5, 5.41) is 5.75. The molecule has 2 rings (SSSR count). The second-order valence-electron chi connectivity index (χ2n) is 6.28. The molecule has 1 atom stereocenters. The fourth-order valence-electron chi connectivity index (χ4n) is 2.99. The molecule has 0 spiro atoms. The number of nitrogens with two attached hydrogens (primary N) is 1. The van der Waals surface area contributed by atoms with Gasteiger partial charge >= 0.3 is 0 Å². The number of hydrogen-bond acceptors (Lipinski definition) is 5. The molecule has 2 amide bonds. The van der Waals surface area contributed by atoms with Gasteiger partial charge in [0.25, 0.3) is 0 Å². The molecule has 0 aromatic heterocycles. The van der Waals surface area contributed by atoms with E-state index in [4.69, 9.17) is 10.5 Å². The van der Waals surface area contributed by atoms with Gasteiger partial charge in [-0.25, -0.2) is 0 Å². The lowest BCUT2D eigenvalue weighted by atomic mass is 9.97. The Morgan fingerprint density at radius 2 is 2.15 bits per heavy atom. The molecule has 26 heavy (non-hydrogen) atoms. The van der Waals surface area contributed by atoms with Crippen molar-refractivity contribution in [1.29, 1.82) is 0 Å². The fraction of sp³-hybridized carbons (Fsp3) is 0.556. The van der Waals surface area contributed by atoms with E-state index in [-0.39, 0.29) is 30.1 Å².